The van der Waals surface area contributed by atoms with Crippen LogP contribution in [0.3, 0.4) is 0 Å². The second-order valence-electron chi connectivity index (χ2n) is 6.19. The molecule has 9 nitrogen and oxygen atoms in total. The summed E-state index contributed by atoms with van der Waals surface area (Å²) in [6, 6.07) is 1.44. The molecule has 0 N–H and O–H groups in total. The SMILES string of the molecule is Cc1ccn(C(C)C(=O)N2CCN(S(=O)(=O)c3cnn(C)c3)CC2)n1. The molecule has 1 fully saturated rings. The Labute approximate surface area is 146 Å². The van der Waals surface area contributed by atoms with E-state index in [1.165, 1.54) is 21.4 Å². The number of piperazine rings is 1. The van der Waals surface area contributed by atoms with E-state index in [1.54, 1.807) is 29.7 Å². The van der Waals surface area contributed by atoms with Crippen molar-refractivity contribution >= 4 is 15.9 Å². The van der Waals surface area contributed by atoms with Crippen molar-refractivity contribution in [3.8, 4) is 0 Å². The fourth-order valence-electron chi connectivity index (χ4n) is 2.86. The van der Waals surface area contributed by atoms with Gasteiger partial charge >= 0.3 is 0 Å². The van der Waals surface area contributed by atoms with Gasteiger partial charge in [-0.1, -0.05) is 0 Å². The first kappa shape index (κ1) is 17.6. The summed E-state index contributed by atoms with van der Waals surface area (Å²) < 4.78 is 29.7. The minimum atomic E-state index is -3.56. The lowest BCUT2D eigenvalue weighted by molar-refractivity contribution is -0.135. The third-order valence-electron chi connectivity index (χ3n) is 4.37. The number of carbonyl (C=O) groups excluding carboxylic acids is 1. The van der Waals surface area contributed by atoms with Crippen LogP contribution in [-0.4, -0.2) is 69.3 Å². The number of nitrogens with zero attached hydrogens (tertiary/aromatic N) is 6. The molecule has 1 atom stereocenters. The summed E-state index contributed by atoms with van der Waals surface area (Å²) in [5.41, 5.74) is 0.854. The number of hydrogen-bond acceptors (Lipinski definition) is 5. The molecule has 0 spiro atoms. The molecule has 136 valence electrons. The molecule has 25 heavy (non-hydrogen) atoms. The van der Waals surface area contributed by atoms with Gasteiger partial charge in [-0.05, 0) is 19.9 Å². The molecule has 0 radical (unpaired) electrons. The Morgan fingerprint density at radius 1 is 1.24 bits per heavy atom. The van der Waals surface area contributed by atoms with Crippen LogP contribution in [0.4, 0.5) is 0 Å². The minimum Gasteiger partial charge on any atom is -0.338 e. The molecule has 1 unspecified atom stereocenters. The summed E-state index contributed by atoms with van der Waals surface area (Å²) in [4.78, 5) is 14.5. The van der Waals surface area contributed by atoms with Crippen molar-refractivity contribution in [1.29, 1.82) is 0 Å². The van der Waals surface area contributed by atoms with Crippen LogP contribution in [0.1, 0.15) is 18.7 Å². The number of sulfonamides is 1. The van der Waals surface area contributed by atoms with Gasteiger partial charge in [0.15, 0.2) is 0 Å². The molecule has 10 heteroatoms. The summed E-state index contributed by atoms with van der Waals surface area (Å²) >= 11 is 0. The molecule has 1 aliphatic rings. The summed E-state index contributed by atoms with van der Waals surface area (Å²) in [5, 5.41) is 8.19. The van der Waals surface area contributed by atoms with Gasteiger partial charge in [0.1, 0.15) is 10.9 Å². The molecule has 2 aromatic rings. The van der Waals surface area contributed by atoms with Gasteiger partial charge in [0, 0.05) is 45.6 Å². The zero-order valence-corrected chi connectivity index (χ0v) is 15.3. The Morgan fingerprint density at radius 2 is 1.92 bits per heavy atom. The van der Waals surface area contributed by atoms with Gasteiger partial charge in [-0.25, -0.2) is 8.42 Å². The fourth-order valence-corrected chi connectivity index (χ4v) is 4.26. The molecule has 1 saturated heterocycles. The molecule has 3 rings (SSSR count). The van der Waals surface area contributed by atoms with Gasteiger partial charge in [-0.15, -0.1) is 0 Å². The van der Waals surface area contributed by atoms with Gasteiger partial charge in [0.25, 0.3) is 0 Å². The van der Waals surface area contributed by atoms with Crippen LogP contribution < -0.4 is 0 Å². The Hall–Kier alpha value is -2.20. The third-order valence-corrected chi connectivity index (χ3v) is 6.22. The molecule has 1 amide bonds. The van der Waals surface area contributed by atoms with E-state index in [-0.39, 0.29) is 23.9 Å². The van der Waals surface area contributed by atoms with Crippen LogP contribution >= 0.6 is 0 Å². The van der Waals surface area contributed by atoms with Crippen LogP contribution in [0.2, 0.25) is 0 Å². The largest absolute Gasteiger partial charge is 0.338 e. The topological polar surface area (TPSA) is 93.3 Å². The van der Waals surface area contributed by atoms with Crippen LogP contribution in [0.5, 0.6) is 0 Å². The van der Waals surface area contributed by atoms with Gasteiger partial charge in [-0.3, -0.25) is 14.2 Å². The van der Waals surface area contributed by atoms with Crippen molar-refractivity contribution in [2.24, 2.45) is 7.05 Å². The quantitative estimate of drug-likeness (QED) is 0.760. The van der Waals surface area contributed by atoms with Gasteiger partial charge in [-0.2, -0.15) is 14.5 Å². The van der Waals surface area contributed by atoms with E-state index in [2.05, 4.69) is 10.2 Å². The van der Waals surface area contributed by atoms with E-state index < -0.39 is 16.1 Å². The summed E-state index contributed by atoms with van der Waals surface area (Å²) in [7, 11) is -1.89. The van der Waals surface area contributed by atoms with Crippen molar-refractivity contribution in [1.82, 2.24) is 28.8 Å². The molecule has 0 aromatic carbocycles. The maximum absolute atomic E-state index is 12.6. The molecule has 0 saturated carbocycles. The normalized spacial score (nSPS) is 17.6. The highest BCUT2D eigenvalue weighted by Gasteiger charge is 2.32. The Bertz CT molecular complexity index is 863. The highest BCUT2D eigenvalue weighted by Crippen LogP contribution is 2.18. The molecule has 0 aliphatic carbocycles. The van der Waals surface area contributed by atoms with E-state index in [4.69, 9.17) is 0 Å². The minimum absolute atomic E-state index is 0.0541. The fraction of sp³-hybridized carbons (Fsp3) is 0.533. The molecule has 2 aromatic heterocycles. The molecule has 0 bridgehead atoms. The Balaban J connectivity index is 1.64. The molecular formula is C15H22N6O3S. The van der Waals surface area contributed by atoms with Crippen LogP contribution in [0.15, 0.2) is 29.6 Å². The molecule has 1 aliphatic heterocycles. The second-order valence-corrected chi connectivity index (χ2v) is 8.13. The summed E-state index contributed by atoms with van der Waals surface area (Å²) in [6.45, 7) is 4.94. The monoisotopic (exact) mass is 366 g/mol. The molecular weight excluding hydrogens is 344 g/mol. The van der Waals surface area contributed by atoms with Crippen LogP contribution in [-0.2, 0) is 21.9 Å². The zero-order chi connectivity index (χ0) is 18.2. The number of carbonyl (C=O) groups is 1. The van der Waals surface area contributed by atoms with Gasteiger partial charge in [0.2, 0.25) is 15.9 Å². The van der Waals surface area contributed by atoms with Crippen molar-refractivity contribution in [2.45, 2.75) is 24.8 Å². The lowest BCUT2D eigenvalue weighted by atomic mass is 10.2. The number of rotatable bonds is 4. The average molecular weight is 366 g/mol. The van der Waals surface area contributed by atoms with E-state index in [0.29, 0.717) is 13.1 Å². The van der Waals surface area contributed by atoms with Gasteiger partial charge in [0.05, 0.1) is 11.9 Å². The lowest BCUT2D eigenvalue weighted by Gasteiger charge is -2.35. The van der Waals surface area contributed by atoms with Crippen molar-refractivity contribution in [3.05, 3.63) is 30.4 Å². The van der Waals surface area contributed by atoms with E-state index in [1.807, 2.05) is 13.0 Å². The average Bonchev–Trinajstić information content (AvgIpc) is 3.22. The molecule has 3 heterocycles. The number of amides is 1. The van der Waals surface area contributed by atoms with E-state index in [0.717, 1.165) is 5.69 Å². The summed E-state index contributed by atoms with van der Waals surface area (Å²) in [6.07, 6.45) is 4.60. The first-order chi connectivity index (χ1) is 11.8. The Kier molecular flexibility index (Phi) is 4.65. The maximum Gasteiger partial charge on any atom is 0.247 e. The lowest BCUT2D eigenvalue weighted by Crippen LogP contribution is -2.51. The Morgan fingerprint density at radius 3 is 2.44 bits per heavy atom. The third kappa shape index (κ3) is 3.45. The van der Waals surface area contributed by atoms with E-state index in [9.17, 15) is 13.2 Å². The van der Waals surface area contributed by atoms with Crippen LogP contribution in [0.25, 0.3) is 0 Å². The van der Waals surface area contributed by atoms with Gasteiger partial charge < -0.3 is 4.90 Å². The van der Waals surface area contributed by atoms with Crippen molar-refractivity contribution in [2.75, 3.05) is 26.2 Å². The zero-order valence-electron chi connectivity index (χ0n) is 14.5. The van der Waals surface area contributed by atoms with Crippen molar-refractivity contribution < 1.29 is 13.2 Å². The maximum atomic E-state index is 12.6. The van der Waals surface area contributed by atoms with Crippen LogP contribution in [0, 0.1) is 6.92 Å². The number of aryl methyl sites for hydroxylation is 2. The first-order valence-corrected chi connectivity index (χ1v) is 9.52. The van der Waals surface area contributed by atoms with Crippen molar-refractivity contribution in [3.63, 3.8) is 0 Å². The summed E-state index contributed by atoms with van der Waals surface area (Å²) in [5.74, 6) is -0.0541. The number of hydrogen-bond donors (Lipinski definition) is 0. The highest BCUT2D eigenvalue weighted by molar-refractivity contribution is 7.89. The van der Waals surface area contributed by atoms with E-state index >= 15 is 0 Å². The smallest absolute Gasteiger partial charge is 0.247 e. The predicted molar refractivity (Wildman–Crippen MR) is 90.2 cm³/mol. The second kappa shape index (κ2) is 6.60. The highest BCUT2D eigenvalue weighted by atomic mass is 32.2. The predicted octanol–water partition coefficient (Wildman–Crippen LogP) is 0.0191. The standard InChI is InChI=1S/C15H22N6O3S/c1-12-4-5-21(17-12)13(2)15(22)19-6-8-20(9-7-19)25(23,24)14-10-16-18(3)11-14/h4-5,10-11,13H,6-9H2,1-3H3. The number of aromatic nitrogens is 4. The first-order valence-electron chi connectivity index (χ1n) is 8.08.